The lowest BCUT2D eigenvalue weighted by atomic mass is 10.2. The third-order valence-corrected chi connectivity index (χ3v) is 3.36. The zero-order valence-electron chi connectivity index (χ0n) is 10.4. The van der Waals surface area contributed by atoms with Crippen molar-refractivity contribution in [2.24, 2.45) is 0 Å². The molecule has 1 aromatic carbocycles. The van der Waals surface area contributed by atoms with E-state index in [0.29, 0.717) is 6.61 Å². The van der Waals surface area contributed by atoms with Crippen LogP contribution in [-0.4, -0.2) is 19.6 Å². The van der Waals surface area contributed by atoms with Gasteiger partial charge in [0.05, 0.1) is 12.3 Å². The van der Waals surface area contributed by atoms with Gasteiger partial charge in [-0.1, -0.05) is 38.3 Å². The molecule has 0 aromatic heterocycles. The smallest absolute Gasteiger partial charge is 0.282 e. The molecule has 0 saturated carbocycles. The van der Waals surface area contributed by atoms with Crippen LogP contribution in [-0.2, 0) is 15.0 Å². The van der Waals surface area contributed by atoms with Crippen LogP contribution in [0.3, 0.4) is 0 Å². The van der Waals surface area contributed by atoms with Gasteiger partial charge < -0.3 is 0 Å². The zero-order valence-corrected chi connectivity index (χ0v) is 11.2. The van der Waals surface area contributed by atoms with Gasteiger partial charge in [-0.2, -0.15) is 8.42 Å². The molecule has 0 unspecified atom stereocenters. The van der Waals surface area contributed by atoms with Gasteiger partial charge in [0.25, 0.3) is 10.1 Å². The fraction of sp³-hybridized carbons (Fsp3) is 0.500. The third kappa shape index (κ3) is 5.03. The van der Waals surface area contributed by atoms with Gasteiger partial charge >= 0.3 is 0 Å². The molecule has 0 aliphatic heterocycles. The van der Waals surface area contributed by atoms with E-state index in [-0.39, 0.29) is 10.6 Å². The van der Waals surface area contributed by atoms with Crippen molar-refractivity contribution in [2.45, 2.75) is 37.5 Å². The van der Waals surface area contributed by atoms with Crippen LogP contribution in [0.1, 0.15) is 32.6 Å². The Bertz CT molecular complexity index is 459. The minimum absolute atomic E-state index is 0.182. The van der Waals surface area contributed by atoms with Crippen LogP contribution in [0, 0.1) is 0 Å². The lowest BCUT2D eigenvalue weighted by molar-refractivity contribution is 0.186. The molecule has 102 valence electrons. The first kappa shape index (κ1) is 14.9. The molecule has 1 rings (SSSR count). The quantitative estimate of drug-likeness (QED) is 0.433. The lowest BCUT2D eigenvalue weighted by Gasteiger charge is -2.09. The van der Waals surface area contributed by atoms with E-state index in [1.165, 1.54) is 18.2 Å². The number of para-hydroxylation sites is 1. The van der Waals surface area contributed by atoms with Crippen molar-refractivity contribution in [3.8, 4) is 0 Å². The van der Waals surface area contributed by atoms with E-state index in [2.05, 4.69) is 12.4 Å². The van der Waals surface area contributed by atoms with Crippen molar-refractivity contribution in [1.82, 2.24) is 0 Å². The number of unbranched alkanes of at least 4 members (excludes halogenated alkanes) is 3. The fourth-order valence-electron chi connectivity index (χ4n) is 1.51. The largest absolute Gasteiger partial charge is 0.296 e. The molecule has 0 spiro atoms. The van der Waals surface area contributed by atoms with Crippen LogP contribution in [0.2, 0.25) is 0 Å². The Morgan fingerprint density at radius 3 is 2.61 bits per heavy atom. The normalized spacial score (nSPS) is 11.4. The fourth-order valence-corrected chi connectivity index (χ4v) is 2.14. The maximum Gasteiger partial charge on any atom is 0.296 e. The Morgan fingerprint density at radius 1 is 1.22 bits per heavy atom. The van der Waals surface area contributed by atoms with Crippen LogP contribution in [0.5, 0.6) is 0 Å². The second-order valence-corrected chi connectivity index (χ2v) is 5.37. The molecule has 5 nitrogen and oxygen atoms in total. The first-order valence-electron chi connectivity index (χ1n) is 6.00. The predicted molar refractivity (Wildman–Crippen MR) is 70.0 cm³/mol. The summed E-state index contributed by atoms with van der Waals surface area (Å²) in [6, 6.07) is 6.06. The summed E-state index contributed by atoms with van der Waals surface area (Å²) in [5.74, 6) is 0. The predicted octanol–water partition coefficient (Wildman–Crippen LogP) is 2.86. The molecule has 0 heterocycles. The van der Waals surface area contributed by atoms with E-state index in [1.807, 2.05) is 0 Å². The first-order chi connectivity index (χ1) is 8.55. The highest BCUT2D eigenvalue weighted by Gasteiger charge is 2.14. The van der Waals surface area contributed by atoms with Crippen molar-refractivity contribution in [2.75, 3.05) is 12.1 Å². The van der Waals surface area contributed by atoms with E-state index in [1.54, 1.807) is 6.07 Å². The summed E-state index contributed by atoms with van der Waals surface area (Å²) in [7, 11) is -4.23. The van der Waals surface area contributed by atoms with Gasteiger partial charge in [0.1, 0.15) is 4.90 Å². The Morgan fingerprint density at radius 2 is 1.94 bits per heavy atom. The third-order valence-electron chi connectivity index (χ3n) is 2.45. The maximum absolute atomic E-state index is 11.1. The Labute approximate surface area is 108 Å². The summed E-state index contributed by atoms with van der Waals surface area (Å²) in [6.07, 6.45) is 4.30. The minimum Gasteiger partial charge on any atom is -0.282 e. The number of nitrogens with one attached hydrogen (secondary N) is 1. The molecule has 0 bridgehead atoms. The highest BCUT2D eigenvalue weighted by Crippen LogP contribution is 2.20. The molecule has 0 amide bonds. The Hall–Kier alpha value is -1.11. The molecule has 0 atom stereocenters. The van der Waals surface area contributed by atoms with Crippen molar-refractivity contribution < 1.29 is 17.8 Å². The van der Waals surface area contributed by atoms with Gasteiger partial charge in [-0.15, -0.1) is 0 Å². The molecular formula is C12H19NO4S. The Balaban J connectivity index is 2.48. The molecule has 2 N–H and O–H groups in total. The van der Waals surface area contributed by atoms with E-state index in [4.69, 9.17) is 9.39 Å². The van der Waals surface area contributed by atoms with Crippen LogP contribution >= 0.6 is 0 Å². The summed E-state index contributed by atoms with van der Waals surface area (Å²) < 4.78 is 31.2. The Kier molecular flexibility index (Phi) is 6.11. The maximum atomic E-state index is 11.1. The molecule has 1 aromatic rings. The topological polar surface area (TPSA) is 75.6 Å². The van der Waals surface area contributed by atoms with Crippen LogP contribution in [0.15, 0.2) is 29.2 Å². The minimum atomic E-state index is -4.23. The summed E-state index contributed by atoms with van der Waals surface area (Å²) in [5, 5.41) is 0. The molecule has 0 radical (unpaired) electrons. The zero-order chi connectivity index (χ0) is 13.4. The van der Waals surface area contributed by atoms with Gasteiger partial charge in [0.15, 0.2) is 0 Å². The van der Waals surface area contributed by atoms with Crippen molar-refractivity contribution in [3.05, 3.63) is 24.3 Å². The average Bonchev–Trinajstić information content (AvgIpc) is 2.33. The standard InChI is InChI=1S/C12H19NO4S/c1-2-3-4-7-10-17-13-11-8-5-6-9-12(11)18(14,15)16/h5-6,8-9,13H,2-4,7,10H2,1H3,(H,14,15,16). The summed E-state index contributed by atoms with van der Waals surface area (Å²) in [6.45, 7) is 2.63. The number of rotatable bonds is 8. The molecule has 0 saturated heterocycles. The van der Waals surface area contributed by atoms with Gasteiger partial charge in [-0.05, 0) is 18.6 Å². The second-order valence-electron chi connectivity index (χ2n) is 3.98. The van der Waals surface area contributed by atoms with Crippen molar-refractivity contribution in [1.29, 1.82) is 0 Å². The summed E-state index contributed by atoms with van der Waals surface area (Å²) >= 11 is 0. The van der Waals surface area contributed by atoms with Crippen molar-refractivity contribution in [3.63, 3.8) is 0 Å². The van der Waals surface area contributed by atoms with Gasteiger partial charge in [0, 0.05) is 0 Å². The number of anilines is 1. The number of hydrogen-bond donors (Lipinski definition) is 2. The summed E-state index contributed by atoms with van der Waals surface area (Å²) in [5.41, 5.74) is 2.80. The molecule has 0 aliphatic carbocycles. The van der Waals surface area contributed by atoms with E-state index in [9.17, 15) is 8.42 Å². The van der Waals surface area contributed by atoms with Crippen LogP contribution < -0.4 is 5.48 Å². The van der Waals surface area contributed by atoms with E-state index >= 15 is 0 Å². The lowest BCUT2D eigenvalue weighted by Crippen LogP contribution is -2.08. The van der Waals surface area contributed by atoms with Gasteiger partial charge in [-0.25, -0.2) is 0 Å². The molecule has 0 fully saturated rings. The highest BCUT2D eigenvalue weighted by molar-refractivity contribution is 7.86. The van der Waals surface area contributed by atoms with Gasteiger partial charge in [0.2, 0.25) is 0 Å². The molecule has 18 heavy (non-hydrogen) atoms. The summed E-state index contributed by atoms with van der Waals surface area (Å²) in [4.78, 5) is 4.99. The molecule has 0 aliphatic rings. The molecular weight excluding hydrogens is 254 g/mol. The second kappa shape index (κ2) is 7.35. The molecule has 6 heteroatoms. The van der Waals surface area contributed by atoms with Crippen LogP contribution in [0.4, 0.5) is 5.69 Å². The number of benzene rings is 1. The van der Waals surface area contributed by atoms with Crippen molar-refractivity contribution >= 4 is 15.8 Å². The monoisotopic (exact) mass is 273 g/mol. The van der Waals surface area contributed by atoms with Gasteiger partial charge in [-0.3, -0.25) is 14.9 Å². The highest BCUT2D eigenvalue weighted by atomic mass is 32.2. The number of hydrogen-bond acceptors (Lipinski definition) is 4. The SMILES string of the molecule is CCCCCCONc1ccccc1S(=O)(=O)O. The van der Waals surface area contributed by atoms with Crippen LogP contribution in [0.25, 0.3) is 0 Å². The van der Waals surface area contributed by atoms with E-state index < -0.39 is 10.1 Å². The average molecular weight is 273 g/mol. The first-order valence-corrected chi connectivity index (χ1v) is 7.44. The van der Waals surface area contributed by atoms with E-state index in [0.717, 1.165) is 25.7 Å².